The molecule has 1 rings (SSSR count). The fourth-order valence-corrected chi connectivity index (χ4v) is 3.11. The minimum atomic E-state index is 0.847. The first-order valence-electron chi connectivity index (χ1n) is 8.10. The molecule has 106 valence electrons. The van der Waals surface area contributed by atoms with Gasteiger partial charge in [0.2, 0.25) is 0 Å². The predicted octanol–water partition coefficient (Wildman–Crippen LogP) is 4.93. The molecule has 0 saturated heterocycles. The molecule has 0 aromatic heterocycles. The SMILES string of the molecule is CCNCCCC1=C(CC(C)CC)CCCC1C. The van der Waals surface area contributed by atoms with Crippen LogP contribution in [-0.2, 0) is 0 Å². The van der Waals surface area contributed by atoms with Gasteiger partial charge in [-0.3, -0.25) is 0 Å². The van der Waals surface area contributed by atoms with E-state index in [-0.39, 0.29) is 0 Å². The highest BCUT2D eigenvalue weighted by atomic mass is 14.8. The normalized spacial score (nSPS) is 22.3. The van der Waals surface area contributed by atoms with Gasteiger partial charge in [-0.1, -0.05) is 45.3 Å². The minimum Gasteiger partial charge on any atom is -0.317 e. The van der Waals surface area contributed by atoms with Crippen LogP contribution in [0.15, 0.2) is 11.1 Å². The van der Waals surface area contributed by atoms with E-state index in [4.69, 9.17) is 0 Å². The molecule has 0 saturated carbocycles. The fourth-order valence-electron chi connectivity index (χ4n) is 3.11. The smallest absolute Gasteiger partial charge is 0.00460 e. The van der Waals surface area contributed by atoms with Crippen molar-refractivity contribution in [3.8, 4) is 0 Å². The van der Waals surface area contributed by atoms with Gasteiger partial charge >= 0.3 is 0 Å². The highest BCUT2D eigenvalue weighted by Gasteiger charge is 2.19. The molecular weight excluding hydrogens is 218 g/mol. The zero-order chi connectivity index (χ0) is 13.4. The Bertz CT molecular complexity index is 254. The highest BCUT2D eigenvalue weighted by Crippen LogP contribution is 2.36. The summed E-state index contributed by atoms with van der Waals surface area (Å²) in [5, 5.41) is 3.45. The summed E-state index contributed by atoms with van der Waals surface area (Å²) < 4.78 is 0. The largest absolute Gasteiger partial charge is 0.317 e. The number of hydrogen-bond acceptors (Lipinski definition) is 1. The lowest BCUT2D eigenvalue weighted by molar-refractivity contribution is 0.466. The zero-order valence-electron chi connectivity index (χ0n) is 13.0. The van der Waals surface area contributed by atoms with Gasteiger partial charge in [0.15, 0.2) is 0 Å². The average molecular weight is 251 g/mol. The van der Waals surface area contributed by atoms with E-state index in [1.165, 1.54) is 51.5 Å². The molecule has 0 aliphatic heterocycles. The monoisotopic (exact) mass is 251 g/mol. The third-order valence-electron chi connectivity index (χ3n) is 4.51. The van der Waals surface area contributed by atoms with Crippen molar-refractivity contribution in [1.82, 2.24) is 5.32 Å². The Kier molecular flexibility index (Phi) is 7.65. The number of allylic oxidation sites excluding steroid dienone is 2. The fraction of sp³-hybridized carbons (Fsp3) is 0.882. The van der Waals surface area contributed by atoms with Gasteiger partial charge in [-0.2, -0.15) is 0 Å². The molecule has 0 spiro atoms. The van der Waals surface area contributed by atoms with Gasteiger partial charge in [0.25, 0.3) is 0 Å². The summed E-state index contributed by atoms with van der Waals surface area (Å²) in [6.07, 6.45) is 9.55. The summed E-state index contributed by atoms with van der Waals surface area (Å²) in [7, 11) is 0. The van der Waals surface area contributed by atoms with E-state index in [0.29, 0.717) is 0 Å². The second kappa shape index (κ2) is 8.74. The highest BCUT2D eigenvalue weighted by molar-refractivity contribution is 5.20. The molecule has 0 fully saturated rings. The summed E-state index contributed by atoms with van der Waals surface area (Å²) in [4.78, 5) is 0. The second-order valence-electron chi connectivity index (χ2n) is 6.10. The molecule has 1 aliphatic carbocycles. The van der Waals surface area contributed by atoms with E-state index in [9.17, 15) is 0 Å². The summed E-state index contributed by atoms with van der Waals surface area (Å²) in [5.74, 6) is 1.72. The van der Waals surface area contributed by atoms with E-state index in [2.05, 4.69) is 33.0 Å². The quantitative estimate of drug-likeness (QED) is 0.476. The van der Waals surface area contributed by atoms with E-state index >= 15 is 0 Å². The number of hydrogen-bond donors (Lipinski definition) is 1. The summed E-state index contributed by atoms with van der Waals surface area (Å²) >= 11 is 0. The first kappa shape index (κ1) is 15.8. The molecule has 1 N–H and O–H groups in total. The van der Waals surface area contributed by atoms with Crippen molar-refractivity contribution in [3.63, 3.8) is 0 Å². The van der Waals surface area contributed by atoms with Gasteiger partial charge in [-0.05, 0) is 63.5 Å². The maximum atomic E-state index is 3.45. The molecule has 2 unspecified atom stereocenters. The lowest BCUT2D eigenvalue weighted by atomic mass is 9.78. The Labute approximate surface area is 114 Å². The van der Waals surface area contributed by atoms with Crippen LogP contribution < -0.4 is 5.32 Å². The van der Waals surface area contributed by atoms with Crippen LogP contribution in [0.4, 0.5) is 0 Å². The number of nitrogens with one attached hydrogen (secondary N) is 1. The van der Waals surface area contributed by atoms with Crippen molar-refractivity contribution >= 4 is 0 Å². The van der Waals surface area contributed by atoms with Crippen LogP contribution in [0.25, 0.3) is 0 Å². The van der Waals surface area contributed by atoms with Gasteiger partial charge in [0.1, 0.15) is 0 Å². The Morgan fingerprint density at radius 2 is 2.11 bits per heavy atom. The Morgan fingerprint density at radius 3 is 2.78 bits per heavy atom. The number of rotatable bonds is 8. The third-order valence-corrected chi connectivity index (χ3v) is 4.51. The van der Waals surface area contributed by atoms with E-state index in [0.717, 1.165) is 18.4 Å². The zero-order valence-corrected chi connectivity index (χ0v) is 13.0. The molecule has 18 heavy (non-hydrogen) atoms. The van der Waals surface area contributed by atoms with Crippen molar-refractivity contribution < 1.29 is 0 Å². The van der Waals surface area contributed by atoms with Crippen LogP contribution in [-0.4, -0.2) is 13.1 Å². The predicted molar refractivity (Wildman–Crippen MR) is 81.9 cm³/mol. The van der Waals surface area contributed by atoms with Crippen molar-refractivity contribution in [1.29, 1.82) is 0 Å². The molecule has 0 amide bonds. The first-order valence-corrected chi connectivity index (χ1v) is 8.10. The van der Waals surface area contributed by atoms with Crippen LogP contribution in [0.5, 0.6) is 0 Å². The summed E-state index contributed by atoms with van der Waals surface area (Å²) in [5.41, 5.74) is 3.64. The maximum Gasteiger partial charge on any atom is -0.00460 e. The minimum absolute atomic E-state index is 0.847. The van der Waals surface area contributed by atoms with Crippen molar-refractivity contribution in [2.75, 3.05) is 13.1 Å². The molecule has 0 radical (unpaired) electrons. The maximum absolute atomic E-state index is 3.45. The topological polar surface area (TPSA) is 12.0 Å². The van der Waals surface area contributed by atoms with Crippen molar-refractivity contribution in [2.24, 2.45) is 11.8 Å². The molecule has 0 aromatic rings. The summed E-state index contributed by atoms with van der Waals surface area (Å²) in [6.45, 7) is 11.7. The van der Waals surface area contributed by atoms with E-state index in [1.807, 2.05) is 11.1 Å². The van der Waals surface area contributed by atoms with Crippen LogP contribution in [0.2, 0.25) is 0 Å². The van der Waals surface area contributed by atoms with Crippen LogP contribution in [0.1, 0.15) is 72.6 Å². The van der Waals surface area contributed by atoms with Gasteiger partial charge in [-0.25, -0.2) is 0 Å². The van der Waals surface area contributed by atoms with E-state index < -0.39 is 0 Å². The lowest BCUT2D eigenvalue weighted by Crippen LogP contribution is -2.16. The standard InChI is InChI=1S/C17H33N/c1-5-14(3)13-16-10-7-9-15(4)17(16)11-8-12-18-6-2/h14-15,18H,5-13H2,1-4H3. The molecule has 1 heteroatoms. The molecule has 0 bridgehead atoms. The average Bonchev–Trinajstić information content (AvgIpc) is 2.37. The van der Waals surface area contributed by atoms with E-state index in [1.54, 1.807) is 0 Å². The van der Waals surface area contributed by atoms with Gasteiger partial charge < -0.3 is 5.32 Å². The van der Waals surface area contributed by atoms with Crippen molar-refractivity contribution in [2.45, 2.75) is 72.6 Å². The molecule has 0 aromatic carbocycles. The lowest BCUT2D eigenvalue weighted by Gasteiger charge is -2.28. The van der Waals surface area contributed by atoms with Crippen LogP contribution in [0.3, 0.4) is 0 Å². The van der Waals surface area contributed by atoms with Gasteiger partial charge in [-0.15, -0.1) is 0 Å². The summed E-state index contributed by atoms with van der Waals surface area (Å²) in [6, 6.07) is 0. The van der Waals surface area contributed by atoms with Gasteiger partial charge in [0.05, 0.1) is 0 Å². The molecular formula is C17H33N. The van der Waals surface area contributed by atoms with Crippen molar-refractivity contribution in [3.05, 3.63) is 11.1 Å². The van der Waals surface area contributed by atoms with Crippen LogP contribution >= 0.6 is 0 Å². The second-order valence-corrected chi connectivity index (χ2v) is 6.10. The van der Waals surface area contributed by atoms with Crippen LogP contribution in [0, 0.1) is 11.8 Å². The Balaban J connectivity index is 2.57. The Morgan fingerprint density at radius 1 is 1.33 bits per heavy atom. The molecule has 0 heterocycles. The first-order chi connectivity index (χ1) is 8.69. The molecule has 2 atom stereocenters. The van der Waals surface area contributed by atoms with Gasteiger partial charge in [0, 0.05) is 0 Å². The molecule has 1 aliphatic rings. The molecule has 1 nitrogen and oxygen atoms in total. The third kappa shape index (κ3) is 5.14. The Hall–Kier alpha value is -0.300.